The molecule has 2 aromatic rings. The lowest BCUT2D eigenvalue weighted by Crippen LogP contribution is -2.05. The van der Waals surface area contributed by atoms with Crippen molar-refractivity contribution in [1.82, 2.24) is 0 Å². The standard InChI is InChI=1S/C19H22O4/c1-5-14(15-8-6-7-9-17(15)21-2)16-11-18(22-3)13(12-20)10-19(16)23-4/h5-11,14,20H,1,12H2,2-4H3. The first-order valence-corrected chi connectivity index (χ1v) is 7.31. The van der Waals surface area contributed by atoms with Gasteiger partial charge in [-0.3, -0.25) is 0 Å². The molecule has 0 saturated heterocycles. The number of methoxy groups -OCH3 is 3. The minimum atomic E-state index is -0.122. The summed E-state index contributed by atoms with van der Waals surface area (Å²) >= 11 is 0. The van der Waals surface area contributed by atoms with Crippen molar-refractivity contribution in [2.24, 2.45) is 0 Å². The van der Waals surface area contributed by atoms with Gasteiger partial charge in [-0.1, -0.05) is 24.3 Å². The number of aliphatic hydroxyl groups is 1. The lowest BCUT2D eigenvalue weighted by Gasteiger charge is -2.21. The molecular formula is C19H22O4. The van der Waals surface area contributed by atoms with Crippen LogP contribution in [0.3, 0.4) is 0 Å². The molecule has 0 aliphatic heterocycles. The van der Waals surface area contributed by atoms with Crippen molar-refractivity contribution < 1.29 is 19.3 Å². The summed E-state index contributed by atoms with van der Waals surface area (Å²) in [5, 5.41) is 9.48. The van der Waals surface area contributed by atoms with Crippen LogP contribution in [0.15, 0.2) is 49.1 Å². The largest absolute Gasteiger partial charge is 0.496 e. The molecule has 0 amide bonds. The molecule has 122 valence electrons. The Kier molecular flexibility index (Phi) is 5.66. The third-order valence-electron chi connectivity index (χ3n) is 3.85. The predicted molar refractivity (Wildman–Crippen MR) is 90.5 cm³/mol. The lowest BCUT2D eigenvalue weighted by molar-refractivity contribution is 0.272. The number of hydrogen-bond acceptors (Lipinski definition) is 4. The first kappa shape index (κ1) is 16.9. The van der Waals surface area contributed by atoms with Gasteiger partial charge in [0.05, 0.1) is 27.9 Å². The van der Waals surface area contributed by atoms with E-state index in [0.29, 0.717) is 17.1 Å². The van der Waals surface area contributed by atoms with Crippen molar-refractivity contribution >= 4 is 0 Å². The van der Waals surface area contributed by atoms with Gasteiger partial charge >= 0.3 is 0 Å². The van der Waals surface area contributed by atoms with Crippen LogP contribution in [0.1, 0.15) is 22.6 Å². The van der Waals surface area contributed by atoms with E-state index in [-0.39, 0.29) is 12.5 Å². The number of para-hydroxylation sites is 1. The van der Waals surface area contributed by atoms with Gasteiger partial charge in [0.25, 0.3) is 0 Å². The minimum Gasteiger partial charge on any atom is -0.496 e. The van der Waals surface area contributed by atoms with Gasteiger partial charge in [0.1, 0.15) is 17.2 Å². The van der Waals surface area contributed by atoms with Crippen molar-refractivity contribution in [3.63, 3.8) is 0 Å². The minimum absolute atomic E-state index is 0.118. The van der Waals surface area contributed by atoms with Crippen LogP contribution in [-0.2, 0) is 6.61 Å². The fraction of sp³-hybridized carbons (Fsp3) is 0.263. The van der Waals surface area contributed by atoms with Crippen LogP contribution in [0.25, 0.3) is 0 Å². The number of benzene rings is 2. The van der Waals surface area contributed by atoms with Gasteiger partial charge in [0.15, 0.2) is 0 Å². The van der Waals surface area contributed by atoms with E-state index < -0.39 is 0 Å². The Labute approximate surface area is 136 Å². The van der Waals surface area contributed by atoms with Gasteiger partial charge in [-0.25, -0.2) is 0 Å². The molecule has 0 radical (unpaired) electrons. The summed E-state index contributed by atoms with van der Waals surface area (Å²) < 4.78 is 16.4. The van der Waals surface area contributed by atoms with Crippen molar-refractivity contribution in [2.45, 2.75) is 12.5 Å². The molecule has 23 heavy (non-hydrogen) atoms. The van der Waals surface area contributed by atoms with Crippen molar-refractivity contribution in [3.8, 4) is 17.2 Å². The molecular weight excluding hydrogens is 292 g/mol. The molecule has 0 aliphatic carbocycles. The third-order valence-corrected chi connectivity index (χ3v) is 3.85. The number of ether oxygens (including phenoxy) is 3. The van der Waals surface area contributed by atoms with E-state index in [9.17, 15) is 5.11 Å². The van der Waals surface area contributed by atoms with E-state index in [0.717, 1.165) is 16.9 Å². The van der Waals surface area contributed by atoms with E-state index in [4.69, 9.17) is 14.2 Å². The molecule has 0 fully saturated rings. The third kappa shape index (κ3) is 3.32. The highest BCUT2D eigenvalue weighted by Gasteiger charge is 2.21. The highest BCUT2D eigenvalue weighted by molar-refractivity contribution is 5.54. The molecule has 4 nitrogen and oxygen atoms in total. The van der Waals surface area contributed by atoms with Gasteiger partial charge in [0.2, 0.25) is 0 Å². The zero-order valence-electron chi connectivity index (χ0n) is 13.7. The first-order valence-electron chi connectivity index (χ1n) is 7.31. The van der Waals surface area contributed by atoms with Crippen molar-refractivity contribution in [3.05, 3.63) is 65.7 Å². The molecule has 1 unspecified atom stereocenters. The Morgan fingerprint density at radius 1 is 0.957 bits per heavy atom. The van der Waals surface area contributed by atoms with Crippen LogP contribution in [0, 0.1) is 0 Å². The van der Waals surface area contributed by atoms with Crippen molar-refractivity contribution in [1.29, 1.82) is 0 Å². The van der Waals surface area contributed by atoms with Crippen LogP contribution < -0.4 is 14.2 Å². The summed E-state index contributed by atoms with van der Waals surface area (Å²) in [4.78, 5) is 0. The molecule has 1 atom stereocenters. The summed E-state index contributed by atoms with van der Waals surface area (Å²) in [5.74, 6) is 1.95. The Balaban J connectivity index is 2.63. The van der Waals surface area contributed by atoms with Crippen molar-refractivity contribution in [2.75, 3.05) is 21.3 Å². The van der Waals surface area contributed by atoms with Gasteiger partial charge in [-0.2, -0.15) is 0 Å². The van der Waals surface area contributed by atoms with Crippen LogP contribution >= 0.6 is 0 Å². The number of hydrogen-bond donors (Lipinski definition) is 1. The van der Waals surface area contributed by atoms with E-state index in [1.165, 1.54) is 0 Å². The van der Waals surface area contributed by atoms with Gasteiger partial charge in [-0.05, 0) is 18.2 Å². The highest BCUT2D eigenvalue weighted by Crippen LogP contribution is 2.40. The second kappa shape index (κ2) is 7.70. The monoisotopic (exact) mass is 314 g/mol. The molecule has 0 aliphatic rings. The predicted octanol–water partition coefficient (Wildman–Crippen LogP) is 3.52. The molecule has 2 aromatic carbocycles. The Morgan fingerprint density at radius 3 is 2.17 bits per heavy atom. The number of rotatable bonds is 7. The maximum Gasteiger partial charge on any atom is 0.124 e. The SMILES string of the molecule is C=CC(c1ccccc1OC)c1cc(OC)c(CO)cc1OC. The molecule has 0 aromatic heterocycles. The average molecular weight is 314 g/mol. The van der Waals surface area contributed by atoms with Gasteiger partial charge in [-0.15, -0.1) is 6.58 Å². The average Bonchev–Trinajstić information content (AvgIpc) is 2.62. The smallest absolute Gasteiger partial charge is 0.124 e. The molecule has 0 heterocycles. The molecule has 1 N–H and O–H groups in total. The molecule has 0 saturated carbocycles. The summed E-state index contributed by atoms with van der Waals surface area (Å²) in [6.45, 7) is 3.84. The summed E-state index contributed by atoms with van der Waals surface area (Å²) in [6, 6.07) is 11.5. The quantitative estimate of drug-likeness (QED) is 0.794. The molecule has 4 heteroatoms. The zero-order valence-corrected chi connectivity index (χ0v) is 13.7. The molecule has 0 bridgehead atoms. The Bertz CT molecular complexity index is 679. The van der Waals surface area contributed by atoms with E-state index in [1.807, 2.05) is 36.4 Å². The normalized spacial score (nSPS) is 11.7. The zero-order chi connectivity index (χ0) is 16.8. The van der Waals surface area contributed by atoms with Crippen LogP contribution in [-0.4, -0.2) is 26.4 Å². The maximum absolute atomic E-state index is 9.48. The highest BCUT2D eigenvalue weighted by atomic mass is 16.5. The molecule has 0 spiro atoms. The van der Waals surface area contributed by atoms with E-state index in [2.05, 4.69) is 6.58 Å². The molecule has 2 rings (SSSR count). The van der Waals surface area contributed by atoms with E-state index in [1.54, 1.807) is 27.4 Å². The second-order valence-electron chi connectivity index (χ2n) is 5.02. The fourth-order valence-corrected chi connectivity index (χ4v) is 2.70. The van der Waals surface area contributed by atoms with Crippen LogP contribution in [0.5, 0.6) is 17.2 Å². The van der Waals surface area contributed by atoms with Crippen LogP contribution in [0.4, 0.5) is 0 Å². The van der Waals surface area contributed by atoms with Gasteiger partial charge in [0, 0.05) is 22.6 Å². The summed E-state index contributed by atoms with van der Waals surface area (Å²) in [6.07, 6.45) is 1.84. The Hall–Kier alpha value is -2.46. The van der Waals surface area contributed by atoms with Gasteiger partial charge < -0.3 is 19.3 Å². The number of allylic oxidation sites excluding steroid dienone is 1. The van der Waals surface area contributed by atoms with E-state index >= 15 is 0 Å². The lowest BCUT2D eigenvalue weighted by atomic mass is 9.89. The Morgan fingerprint density at radius 2 is 1.61 bits per heavy atom. The number of aliphatic hydroxyl groups excluding tert-OH is 1. The topological polar surface area (TPSA) is 47.9 Å². The first-order chi connectivity index (χ1) is 11.2. The second-order valence-corrected chi connectivity index (χ2v) is 5.02. The fourth-order valence-electron chi connectivity index (χ4n) is 2.70. The maximum atomic E-state index is 9.48. The summed E-state index contributed by atoms with van der Waals surface area (Å²) in [7, 11) is 4.83. The van der Waals surface area contributed by atoms with Crippen LogP contribution in [0.2, 0.25) is 0 Å². The summed E-state index contributed by atoms with van der Waals surface area (Å²) in [5.41, 5.74) is 2.57.